The van der Waals surface area contributed by atoms with E-state index in [1.54, 1.807) is 0 Å². The summed E-state index contributed by atoms with van der Waals surface area (Å²) < 4.78 is 0. The summed E-state index contributed by atoms with van der Waals surface area (Å²) in [7, 11) is 0. The molecule has 0 aromatic rings. The fourth-order valence-corrected chi connectivity index (χ4v) is 2.71. The lowest BCUT2D eigenvalue weighted by Gasteiger charge is -2.30. The molecule has 16 heavy (non-hydrogen) atoms. The summed E-state index contributed by atoms with van der Waals surface area (Å²) in [6, 6.07) is 0. The third-order valence-electron chi connectivity index (χ3n) is 4.17. The van der Waals surface area contributed by atoms with Crippen LogP contribution in [0.2, 0.25) is 0 Å². The van der Waals surface area contributed by atoms with E-state index in [0.29, 0.717) is 11.8 Å². The van der Waals surface area contributed by atoms with Gasteiger partial charge < -0.3 is 10.4 Å². The molecule has 3 heteroatoms. The normalized spacial score (nSPS) is 35.1. The lowest BCUT2D eigenvalue weighted by Crippen LogP contribution is -2.51. The molecule has 0 saturated heterocycles. The maximum Gasteiger partial charge on any atom is 0.224 e. The van der Waals surface area contributed by atoms with Gasteiger partial charge in [0.05, 0.1) is 12.1 Å². The van der Waals surface area contributed by atoms with Crippen molar-refractivity contribution >= 4 is 5.91 Å². The van der Waals surface area contributed by atoms with Crippen molar-refractivity contribution in [3.05, 3.63) is 12.2 Å². The van der Waals surface area contributed by atoms with Crippen LogP contribution in [0.15, 0.2) is 12.2 Å². The lowest BCUT2D eigenvalue weighted by atomic mass is 9.91. The predicted octanol–water partition coefficient (Wildman–Crippen LogP) is 1.48. The number of carbonyl (C=O) groups is 1. The molecule has 0 radical (unpaired) electrons. The zero-order valence-corrected chi connectivity index (χ0v) is 10.1. The first-order chi connectivity index (χ1) is 7.58. The molecule has 4 atom stereocenters. The Balaban J connectivity index is 1.96. The average Bonchev–Trinajstić information content (AvgIpc) is 2.90. The average molecular weight is 223 g/mol. The van der Waals surface area contributed by atoms with Crippen LogP contribution in [0, 0.1) is 17.8 Å². The predicted molar refractivity (Wildman–Crippen MR) is 62.8 cm³/mol. The number of amides is 1. The third kappa shape index (κ3) is 2.01. The van der Waals surface area contributed by atoms with Crippen molar-refractivity contribution in [1.29, 1.82) is 0 Å². The van der Waals surface area contributed by atoms with Crippen LogP contribution in [0.3, 0.4) is 0 Å². The van der Waals surface area contributed by atoms with Gasteiger partial charge in [0.15, 0.2) is 0 Å². The van der Waals surface area contributed by atoms with E-state index in [0.717, 1.165) is 19.3 Å². The molecule has 0 aromatic carbocycles. The second-order valence-electron chi connectivity index (χ2n) is 5.45. The van der Waals surface area contributed by atoms with Crippen LogP contribution in [0.25, 0.3) is 0 Å². The highest BCUT2D eigenvalue weighted by Crippen LogP contribution is 2.43. The molecule has 4 unspecified atom stereocenters. The molecule has 1 saturated carbocycles. The van der Waals surface area contributed by atoms with Crippen molar-refractivity contribution in [2.75, 3.05) is 6.61 Å². The molecule has 2 N–H and O–H groups in total. The summed E-state index contributed by atoms with van der Waals surface area (Å²) >= 11 is 0. The van der Waals surface area contributed by atoms with Gasteiger partial charge in [0, 0.05) is 5.92 Å². The first-order valence-electron chi connectivity index (χ1n) is 6.19. The molecule has 2 rings (SSSR count). The second-order valence-corrected chi connectivity index (χ2v) is 5.45. The molecule has 2 aliphatic rings. The minimum atomic E-state index is -0.456. The lowest BCUT2D eigenvalue weighted by molar-refractivity contribution is -0.128. The number of hydrogen-bond acceptors (Lipinski definition) is 2. The summed E-state index contributed by atoms with van der Waals surface area (Å²) in [5.74, 6) is 1.30. The van der Waals surface area contributed by atoms with Crippen molar-refractivity contribution in [3.63, 3.8) is 0 Å². The molecular formula is C13H21NO2. The van der Waals surface area contributed by atoms with E-state index < -0.39 is 5.54 Å². The number of fused-ring (bicyclic) bond motifs is 2. The Bertz CT molecular complexity index is 307. The van der Waals surface area contributed by atoms with Crippen LogP contribution in [0.1, 0.15) is 33.1 Å². The molecular weight excluding hydrogens is 202 g/mol. The number of hydrogen-bond donors (Lipinski definition) is 2. The minimum absolute atomic E-state index is 0.00585. The van der Waals surface area contributed by atoms with E-state index in [-0.39, 0.29) is 18.4 Å². The van der Waals surface area contributed by atoms with Crippen molar-refractivity contribution in [1.82, 2.24) is 5.32 Å². The zero-order chi connectivity index (χ0) is 11.8. The van der Waals surface area contributed by atoms with Gasteiger partial charge >= 0.3 is 0 Å². The number of nitrogens with one attached hydrogen (secondary N) is 1. The summed E-state index contributed by atoms with van der Waals surface area (Å²) in [6.07, 6.45) is 7.30. The van der Waals surface area contributed by atoms with Crippen molar-refractivity contribution in [2.45, 2.75) is 38.6 Å². The number of allylic oxidation sites excluding steroid dienone is 2. The van der Waals surface area contributed by atoms with Gasteiger partial charge in [-0.1, -0.05) is 19.1 Å². The first-order valence-corrected chi connectivity index (χ1v) is 6.19. The summed E-state index contributed by atoms with van der Waals surface area (Å²) in [4.78, 5) is 12.1. The maximum absolute atomic E-state index is 12.1. The SMILES string of the molecule is CCC(C)(CO)NC(=O)C1CC2C=CC1C2. The number of carbonyl (C=O) groups excluding carboxylic acids is 1. The van der Waals surface area contributed by atoms with Gasteiger partial charge in [0.2, 0.25) is 5.91 Å². The monoisotopic (exact) mass is 223 g/mol. The minimum Gasteiger partial charge on any atom is -0.394 e. The topological polar surface area (TPSA) is 49.3 Å². The Hall–Kier alpha value is -0.830. The molecule has 3 nitrogen and oxygen atoms in total. The summed E-state index contributed by atoms with van der Waals surface area (Å²) in [5.41, 5.74) is -0.456. The Kier molecular flexibility index (Phi) is 3.06. The van der Waals surface area contributed by atoms with Gasteiger partial charge in [-0.15, -0.1) is 0 Å². The standard InChI is InChI=1S/C13H21NO2/c1-3-13(2,8-15)14-12(16)11-7-9-4-5-10(11)6-9/h4-5,9-11,15H,3,6-8H2,1-2H3,(H,14,16). The van der Waals surface area contributed by atoms with E-state index in [1.165, 1.54) is 0 Å². The van der Waals surface area contributed by atoms with E-state index >= 15 is 0 Å². The number of aliphatic hydroxyl groups is 1. The largest absolute Gasteiger partial charge is 0.394 e. The molecule has 0 spiro atoms. The van der Waals surface area contributed by atoms with Crippen LogP contribution >= 0.6 is 0 Å². The summed E-state index contributed by atoms with van der Waals surface area (Å²) in [5, 5.41) is 12.3. The number of rotatable bonds is 4. The maximum atomic E-state index is 12.1. The molecule has 0 aliphatic heterocycles. The van der Waals surface area contributed by atoms with Crippen LogP contribution in [0.5, 0.6) is 0 Å². The molecule has 90 valence electrons. The molecule has 0 aromatic heterocycles. The van der Waals surface area contributed by atoms with Gasteiger partial charge in [-0.2, -0.15) is 0 Å². The zero-order valence-electron chi connectivity index (χ0n) is 10.1. The Morgan fingerprint density at radius 3 is 2.69 bits per heavy atom. The fraction of sp³-hybridized carbons (Fsp3) is 0.769. The van der Waals surface area contributed by atoms with Gasteiger partial charge in [0.25, 0.3) is 0 Å². The Labute approximate surface area is 96.9 Å². The van der Waals surface area contributed by atoms with Crippen molar-refractivity contribution < 1.29 is 9.90 Å². The highest BCUT2D eigenvalue weighted by Gasteiger charge is 2.41. The van der Waals surface area contributed by atoms with Crippen LogP contribution < -0.4 is 5.32 Å². The second kappa shape index (κ2) is 4.21. The van der Waals surface area contributed by atoms with Gasteiger partial charge in [0.1, 0.15) is 0 Å². The van der Waals surface area contributed by atoms with Crippen molar-refractivity contribution in [2.24, 2.45) is 17.8 Å². The summed E-state index contributed by atoms with van der Waals surface area (Å²) in [6.45, 7) is 3.89. The van der Waals surface area contributed by atoms with Crippen LogP contribution in [-0.4, -0.2) is 23.2 Å². The first kappa shape index (κ1) is 11.6. The van der Waals surface area contributed by atoms with Gasteiger partial charge in [-0.05, 0) is 38.0 Å². The Morgan fingerprint density at radius 2 is 2.25 bits per heavy atom. The van der Waals surface area contributed by atoms with E-state index in [1.807, 2.05) is 13.8 Å². The quantitative estimate of drug-likeness (QED) is 0.709. The highest BCUT2D eigenvalue weighted by atomic mass is 16.3. The van der Waals surface area contributed by atoms with E-state index in [9.17, 15) is 9.90 Å². The molecule has 0 heterocycles. The molecule has 2 bridgehead atoms. The van der Waals surface area contributed by atoms with Crippen LogP contribution in [-0.2, 0) is 4.79 Å². The van der Waals surface area contributed by atoms with Gasteiger partial charge in [-0.3, -0.25) is 4.79 Å². The van der Waals surface area contributed by atoms with E-state index in [4.69, 9.17) is 0 Å². The van der Waals surface area contributed by atoms with Crippen molar-refractivity contribution in [3.8, 4) is 0 Å². The molecule has 1 fully saturated rings. The smallest absolute Gasteiger partial charge is 0.224 e. The third-order valence-corrected chi connectivity index (χ3v) is 4.17. The number of aliphatic hydroxyl groups excluding tert-OH is 1. The fourth-order valence-electron chi connectivity index (χ4n) is 2.71. The molecule has 2 aliphatic carbocycles. The Morgan fingerprint density at radius 1 is 1.50 bits per heavy atom. The van der Waals surface area contributed by atoms with Crippen LogP contribution in [0.4, 0.5) is 0 Å². The highest BCUT2D eigenvalue weighted by molar-refractivity contribution is 5.80. The van der Waals surface area contributed by atoms with E-state index in [2.05, 4.69) is 17.5 Å². The van der Waals surface area contributed by atoms with Gasteiger partial charge in [-0.25, -0.2) is 0 Å². The molecule has 1 amide bonds.